The molecular weight excluding hydrogens is 252 g/mol. The van der Waals surface area contributed by atoms with Crippen LogP contribution in [0.2, 0.25) is 0 Å². The molecule has 0 radical (unpaired) electrons. The highest BCUT2D eigenvalue weighted by molar-refractivity contribution is 5.88. The van der Waals surface area contributed by atoms with Gasteiger partial charge in [-0.3, -0.25) is 4.79 Å². The monoisotopic (exact) mass is 264 g/mol. The number of cyclic esters (lactones) is 1. The van der Waals surface area contributed by atoms with E-state index in [1.165, 1.54) is 11.1 Å². The maximum atomic E-state index is 11.6. The number of carbonyl (C=O) groups is 2. The Labute approximate surface area is 108 Å². The molecule has 0 aromatic carbocycles. The second-order valence-corrected chi connectivity index (χ2v) is 4.34. The minimum absolute atomic E-state index is 0.0384. The third-order valence-electron chi connectivity index (χ3n) is 2.95. The number of ketones is 1. The van der Waals surface area contributed by atoms with Gasteiger partial charge in [0.05, 0.1) is 24.9 Å². The molecule has 1 amide bonds. The number of fused-ring (bicyclic) bond motifs is 1. The van der Waals surface area contributed by atoms with E-state index in [1.54, 1.807) is 0 Å². The Morgan fingerprint density at radius 3 is 3.05 bits per heavy atom. The molecule has 1 aromatic rings. The average Bonchev–Trinajstić information content (AvgIpc) is 2.79. The van der Waals surface area contributed by atoms with Gasteiger partial charge in [-0.05, 0) is 0 Å². The van der Waals surface area contributed by atoms with Crippen molar-refractivity contribution in [2.24, 2.45) is 5.73 Å². The molecule has 8 nitrogen and oxygen atoms in total. The SMILES string of the molecule is NC[C@H]1CN(c2ncc3c(n2)CC(=O)CO3)C(=O)O1. The molecule has 1 fully saturated rings. The lowest BCUT2D eigenvalue weighted by Gasteiger charge is -2.17. The second kappa shape index (κ2) is 4.47. The summed E-state index contributed by atoms with van der Waals surface area (Å²) in [4.78, 5) is 32.5. The van der Waals surface area contributed by atoms with Crippen molar-refractivity contribution in [1.29, 1.82) is 0 Å². The number of Topliss-reactive ketones (excluding diaryl/α,β-unsaturated/α-hetero) is 1. The molecule has 2 aliphatic heterocycles. The molecule has 1 aromatic heterocycles. The smallest absolute Gasteiger partial charge is 0.417 e. The van der Waals surface area contributed by atoms with Crippen LogP contribution in [0, 0.1) is 0 Å². The summed E-state index contributed by atoms with van der Waals surface area (Å²) in [5.41, 5.74) is 5.95. The van der Waals surface area contributed by atoms with Crippen LogP contribution in [0.3, 0.4) is 0 Å². The van der Waals surface area contributed by atoms with Crippen LogP contribution in [0.15, 0.2) is 6.20 Å². The Balaban J connectivity index is 1.88. The number of amides is 1. The van der Waals surface area contributed by atoms with Gasteiger partial charge in [0.15, 0.2) is 11.5 Å². The summed E-state index contributed by atoms with van der Waals surface area (Å²) in [5.74, 6) is 0.630. The number of carbonyl (C=O) groups excluding carboxylic acids is 2. The van der Waals surface area contributed by atoms with Crippen molar-refractivity contribution in [3.63, 3.8) is 0 Å². The van der Waals surface area contributed by atoms with Crippen LogP contribution in [0.1, 0.15) is 5.69 Å². The minimum Gasteiger partial charge on any atom is -0.482 e. The van der Waals surface area contributed by atoms with Crippen molar-refractivity contribution in [3.05, 3.63) is 11.9 Å². The van der Waals surface area contributed by atoms with Crippen molar-refractivity contribution in [2.45, 2.75) is 12.5 Å². The Morgan fingerprint density at radius 1 is 1.47 bits per heavy atom. The van der Waals surface area contributed by atoms with Gasteiger partial charge >= 0.3 is 6.09 Å². The molecule has 3 heterocycles. The standard InChI is InChI=1S/C11H12N4O4/c12-2-7-4-15(11(17)19-7)10-13-3-9-8(14-10)1-6(16)5-18-9/h3,7H,1-2,4-5,12H2/t7-/m0/s1. The van der Waals surface area contributed by atoms with Gasteiger partial charge in [0.1, 0.15) is 12.7 Å². The number of nitrogens with two attached hydrogens (primary N) is 1. The largest absolute Gasteiger partial charge is 0.482 e. The van der Waals surface area contributed by atoms with Crippen LogP contribution in [-0.2, 0) is 16.0 Å². The zero-order chi connectivity index (χ0) is 13.4. The average molecular weight is 264 g/mol. The van der Waals surface area contributed by atoms with E-state index in [0.29, 0.717) is 18.0 Å². The number of ether oxygens (including phenoxy) is 2. The van der Waals surface area contributed by atoms with Crippen LogP contribution in [0.5, 0.6) is 5.75 Å². The van der Waals surface area contributed by atoms with Gasteiger partial charge in [-0.1, -0.05) is 0 Å². The summed E-state index contributed by atoms with van der Waals surface area (Å²) in [6.45, 7) is 0.592. The number of hydrogen-bond donors (Lipinski definition) is 1. The molecule has 8 heteroatoms. The minimum atomic E-state index is -0.529. The maximum Gasteiger partial charge on any atom is 0.417 e. The highest BCUT2D eigenvalue weighted by Crippen LogP contribution is 2.24. The van der Waals surface area contributed by atoms with Crippen molar-refractivity contribution in [2.75, 3.05) is 24.6 Å². The lowest BCUT2D eigenvalue weighted by molar-refractivity contribution is -0.121. The molecule has 1 saturated heterocycles. The van der Waals surface area contributed by atoms with Crippen LogP contribution in [0.4, 0.5) is 10.7 Å². The number of nitrogens with zero attached hydrogens (tertiary/aromatic N) is 3. The van der Waals surface area contributed by atoms with Gasteiger partial charge in [0.2, 0.25) is 5.95 Å². The van der Waals surface area contributed by atoms with Gasteiger partial charge < -0.3 is 15.2 Å². The first kappa shape index (κ1) is 11.8. The molecule has 2 aliphatic rings. The molecule has 0 spiro atoms. The first-order valence-electron chi connectivity index (χ1n) is 5.86. The third-order valence-corrected chi connectivity index (χ3v) is 2.95. The van der Waals surface area contributed by atoms with Gasteiger partial charge in [-0.15, -0.1) is 0 Å². The Hall–Kier alpha value is -2.22. The normalized spacial score (nSPS) is 21.9. The lowest BCUT2D eigenvalue weighted by Crippen LogP contribution is -2.30. The molecule has 0 saturated carbocycles. The molecule has 0 unspecified atom stereocenters. The van der Waals surface area contributed by atoms with Crippen LogP contribution < -0.4 is 15.4 Å². The van der Waals surface area contributed by atoms with Crippen LogP contribution >= 0.6 is 0 Å². The first-order chi connectivity index (χ1) is 9.17. The second-order valence-electron chi connectivity index (χ2n) is 4.34. The lowest BCUT2D eigenvalue weighted by atomic mass is 10.2. The predicted octanol–water partition coefficient (Wildman–Crippen LogP) is -0.736. The fraction of sp³-hybridized carbons (Fsp3) is 0.455. The van der Waals surface area contributed by atoms with E-state index in [4.69, 9.17) is 15.2 Å². The molecule has 19 heavy (non-hydrogen) atoms. The molecule has 100 valence electrons. The van der Waals surface area contributed by atoms with Crippen molar-refractivity contribution >= 4 is 17.8 Å². The fourth-order valence-electron chi connectivity index (χ4n) is 1.98. The fourth-order valence-corrected chi connectivity index (χ4v) is 1.98. The van der Waals surface area contributed by atoms with Gasteiger partial charge in [0.25, 0.3) is 0 Å². The molecule has 0 aliphatic carbocycles. The number of rotatable bonds is 2. The number of anilines is 1. The van der Waals surface area contributed by atoms with E-state index in [1.807, 2.05) is 0 Å². The van der Waals surface area contributed by atoms with Crippen molar-refractivity contribution in [1.82, 2.24) is 9.97 Å². The highest BCUT2D eigenvalue weighted by Gasteiger charge is 2.34. The molecule has 2 N–H and O–H groups in total. The van der Waals surface area contributed by atoms with E-state index in [9.17, 15) is 9.59 Å². The molecule has 3 rings (SSSR count). The number of hydrogen-bond acceptors (Lipinski definition) is 7. The van der Waals surface area contributed by atoms with E-state index in [0.717, 1.165) is 0 Å². The quantitative estimate of drug-likeness (QED) is 0.749. The Morgan fingerprint density at radius 2 is 2.32 bits per heavy atom. The predicted molar refractivity (Wildman–Crippen MR) is 62.9 cm³/mol. The van der Waals surface area contributed by atoms with Gasteiger partial charge in [0, 0.05) is 6.54 Å². The van der Waals surface area contributed by atoms with Crippen LogP contribution in [-0.4, -0.2) is 47.6 Å². The third kappa shape index (κ3) is 2.10. The zero-order valence-corrected chi connectivity index (χ0v) is 10.0. The maximum absolute atomic E-state index is 11.6. The molecular formula is C11H12N4O4. The summed E-state index contributed by atoms with van der Waals surface area (Å²) < 4.78 is 10.2. The van der Waals surface area contributed by atoms with Crippen molar-refractivity contribution < 1.29 is 19.1 Å². The first-order valence-corrected chi connectivity index (χ1v) is 5.86. The summed E-state index contributed by atoms with van der Waals surface area (Å²) in [6, 6.07) is 0. The van der Waals surface area contributed by atoms with E-state index < -0.39 is 6.09 Å². The van der Waals surface area contributed by atoms with E-state index in [2.05, 4.69) is 9.97 Å². The van der Waals surface area contributed by atoms with E-state index in [-0.39, 0.29) is 37.4 Å². The summed E-state index contributed by atoms with van der Waals surface area (Å²) in [5, 5.41) is 0. The zero-order valence-electron chi connectivity index (χ0n) is 10.0. The Kier molecular flexibility index (Phi) is 2.79. The highest BCUT2D eigenvalue weighted by atomic mass is 16.6. The van der Waals surface area contributed by atoms with E-state index >= 15 is 0 Å². The molecule has 0 bridgehead atoms. The van der Waals surface area contributed by atoms with Crippen LogP contribution in [0.25, 0.3) is 0 Å². The topological polar surface area (TPSA) is 108 Å². The summed E-state index contributed by atoms with van der Waals surface area (Å²) in [7, 11) is 0. The number of aromatic nitrogens is 2. The molecule has 1 atom stereocenters. The van der Waals surface area contributed by atoms with Gasteiger partial charge in [-0.25, -0.2) is 19.7 Å². The van der Waals surface area contributed by atoms with Gasteiger partial charge in [-0.2, -0.15) is 0 Å². The van der Waals surface area contributed by atoms with Crippen molar-refractivity contribution in [3.8, 4) is 5.75 Å². The Bertz CT molecular complexity index is 547. The summed E-state index contributed by atoms with van der Waals surface area (Å²) in [6.07, 6.45) is 0.768. The summed E-state index contributed by atoms with van der Waals surface area (Å²) >= 11 is 0.